The van der Waals surface area contributed by atoms with Crippen LogP contribution in [0.4, 0.5) is 0 Å². The van der Waals surface area contributed by atoms with E-state index >= 15 is 0 Å². The Morgan fingerprint density at radius 2 is 2.53 bits per heavy atom. The van der Waals surface area contributed by atoms with Crippen LogP contribution in [-0.2, 0) is 6.54 Å². The molecular weight excluding hydrogens is 258 g/mol. The van der Waals surface area contributed by atoms with Gasteiger partial charge in [0.1, 0.15) is 4.60 Å². The number of nitrogens with zero attached hydrogens (tertiary/aromatic N) is 2. The van der Waals surface area contributed by atoms with E-state index in [1.165, 1.54) is 19.3 Å². The minimum atomic E-state index is 0.541. The molecule has 84 valence electrons. The Labute approximate surface area is 98.1 Å². The third-order valence-electron chi connectivity index (χ3n) is 2.77. The molecule has 1 aromatic rings. The second-order valence-corrected chi connectivity index (χ2v) is 4.58. The van der Waals surface area contributed by atoms with Crippen LogP contribution in [0.5, 0.6) is 5.75 Å². The molecule has 0 radical (unpaired) electrons. The Morgan fingerprint density at radius 3 is 3.13 bits per heavy atom. The number of methoxy groups -OCH3 is 1. The molecule has 0 bridgehead atoms. The second kappa shape index (κ2) is 4.99. The molecule has 0 aromatic carbocycles. The first-order valence-electron chi connectivity index (χ1n) is 5.30. The molecule has 1 unspecified atom stereocenters. The van der Waals surface area contributed by atoms with Crippen LogP contribution in [0.15, 0.2) is 10.8 Å². The number of aromatic nitrogens is 2. The van der Waals surface area contributed by atoms with Gasteiger partial charge in [0.05, 0.1) is 19.9 Å². The number of hydrogen-bond donors (Lipinski definition) is 1. The predicted molar refractivity (Wildman–Crippen MR) is 62.1 cm³/mol. The number of hydrogen-bond acceptors (Lipinski definition) is 3. The average molecular weight is 274 g/mol. The third kappa shape index (κ3) is 2.52. The summed E-state index contributed by atoms with van der Waals surface area (Å²) in [7, 11) is 1.66. The van der Waals surface area contributed by atoms with Crippen molar-refractivity contribution >= 4 is 15.9 Å². The second-order valence-electron chi connectivity index (χ2n) is 3.83. The molecule has 1 atom stereocenters. The van der Waals surface area contributed by atoms with Crippen molar-refractivity contribution in [3.05, 3.63) is 10.8 Å². The van der Waals surface area contributed by atoms with Crippen molar-refractivity contribution < 1.29 is 4.74 Å². The normalized spacial score (nSPS) is 21.6. The van der Waals surface area contributed by atoms with Crippen LogP contribution in [0, 0.1) is 0 Å². The standard InChI is InChI=1S/C10H16BrN3O/c1-15-9-6-13-14(10(9)11)7-8-4-2-3-5-12-8/h6,8,12H,2-5,7H2,1H3. The van der Waals surface area contributed by atoms with E-state index < -0.39 is 0 Å². The van der Waals surface area contributed by atoms with Gasteiger partial charge >= 0.3 is 0 Å². The molecule has 1 aliphatic heterocycles. The van der Waals surface area contributed by atoms with Gasteiger partial charge in [-0.2, -0.15) is 5.10 Å². The molecule has 1 saturated heterocycles. The van der Waals surface area contributed by atoms with Gasteiger partial charge in [-0.25, -0.2) is 0 Å². The van der Waals surface area contributed by atoms with Crippen molar-refractivity contribution in [1.82, 2.24) is 15.1 Å². The number of piperidine rings is 1. The fourth-order valence-electron chi connectivity index (χ4n) is 1.91. The van der Waals surface area contributed by atoms with E-state index in [0.29, 0.717) is 6.04 Å². The molecule has 1 fully saturated rings. The lowest BCUT2D eigenvalue weighted by Crippen LogP contribution is -2.37. The molecule has 2 rings (SSSR count). The maximum Gasteiger partial charge on any atom is 0.171 e. The van der Waals surface area contributed by atoms with Crippen LogP contribution in [0.25, 0.3) is 0 Å². The minimum absolute atomic E-state index is 0.541. The highest BCUT2D eigenvalue weighted by Gasteiger charge is 2.16. The summed E-state index contributed by atoms with van der Waals surface area (Å²) in [5, 5.41) is 7.79. The van der Waals surface area contributed by atoms with E-state index in [9.17, 15) is 0 Å². The van der Waals surface area contributed by atoms with Gasteiger partial charge in [-0.05, 0) is 35.3 Å². The largest absolute Gasteiger partial charge is 0.492 e. The van der Waals surface area contributed by atoms with Gasteiger partial charge in [0, 0.05) is 6.04 Å². The highest BCUT2D eigenvalue weighted by molar-refractivity contribution is 9.10. The van der Waals surface area contributed by atoms with Gasteiger partial charge in [-0.15, -0.1) is 0 Å². The molecule has 1 N–H and O–H groups in total. The number of ether oxygens (including phenoxy) is 1. The first-order chi connectivity index (χ1) is 7.31. The predicted octanol–water partition coefficient (Wildman–Crippen LogP) is 1.80. The van der Waals surface area contributed by atoms with Gasteiger partial charge in [0.25, 0.3) is 0 Å². The summed E-state index contributed by atoms with van der Waals surface area (Å²) in [5.74, 6) is 0.797. The van der Waals surface area contributed by atoms with Crippen LogP contribution in [0.2, 0.25) is 0 Å². The molecular formula is C10H16BrN3O. The van der Waals surface area contributed by atoms with Gasteiger partial charge in [-0.3, -0.25) is 4.68 Å². The fourth-order valence-corrected chi connectivity index (χ4v) is 2.41. The van der Waals surface area contributed by atoms with Crippen molar-refractivity contribution in [2.75, 3.05) is 13.7 Å². The third-order valence-corrected chi connectivity index (χ3v) is 3.57. The summed E-state index contributed by atoms with van der Waals surface area (Å²) in [4.78, 5) is 0. The zero-order chi connectivity index (χ0) is 10.7. The Bertz CT molecular complexity index is 320. The van der Waals surface area contributed by atoms with Crippen molar-refractivity contribution in [2.24, 2.45) is 0 Å². The average Bonchev–Trinajstić information content (AvgIpc) is 2.62. The topological polar surface area (TPSA) is 39.1 Å². The van der Waals surface area contributed by atoms with Gasteiger partial charge in [-0.1, -0.05) is 6.42 Å². The molecule has 2 heterocycles. The van der Waals surface area contributed by atoms with E-state index in [1.807, 2.05) is 4.68 Å². The van der Waals surface area contributed by atoms with Crippen LogP contribution < -0.4 is 10.1 Å². The molecule has 5 heteroatoms. The van der Waals surface area contributed by atoms with Crippen molar-refractivity contribution in [1.29, 1.82) is 0 Å². The molecule has 1 aromatic heterocycles. The first-order valence-corrected chi connectivity index (χ1v) is 6.09. The van der Waals surface area contributed by atoms with E-state index in [0.717, 1.165) is 23.4 Å². The number of halogens is 1. The summed E-state index contributed by atoms with van der Waals surface area (Å²) in [5.41, 5.74) is 0. The van der Waals surface area contributed by atoms with Gasteiger partial charge in [0.15, 0.2) is 5.75 Å². The zero-order valence-electron chi connectivity index (χ0n) is 8.87. The fraction of sp³-hybridized carbons (Fsp3) is 0.700. The molecule has 15 heavy (non-hydrogen) atoms. The Balaban J connectivity index is 2.00. The highest BCUT2D eigenvalue weighted by Crippen LogP contribution is 2.24. The molecule has 0 amide bonds. The Morgan fingerprint density at radius 1 is 1.67 bits per heavy atom. The summed E-state index contributed by atoms with van der Waals surface area (Å²) < 4.78 is 8.04. The smallest absolute Gasteiger partial charge is 0.171 e. The maximum absolute atomic E-state index is 5.16. The molecule has 0 aliphatic carbocycles. The van der Waals surface area contributed by atoms with Crippen LogP contribution in [0.1, 0.15) is 19.3 Å². The minimum Gasteiger partial charge on any atom is -0.492 e. The van der Waals surface area contributed by atoms with Crippen molar-refractivity contribution in [2.45, 2.75) is 31.8 Å². The zero-order valence-corrected chi connectivity index (χ0v) is 10.5. The first kappa shape index (κ1) is 11.0. The summed E-state index contributed by atoms with van der Waals surface area (Å²) in [6.07, 6.45) is 5.58. The highest BCUT2D eigenvalue weighted by atomic mass is 79.9. The quantitative estimate of drug-likeness (QED) is 0.913. The molecule has 0 spiro atoms. The lowest BCUT2D eigenvalue weighted by Gasteiger charge is -2.23. The Hall–Kier alpha value is -0.550. The molecule has 1 aliphatic rings. The van der Waals surface area contributed by atoms with Gasteiger partial charge < -0.3 is 10.1 Å². The van der Waals surface area contributed by atoms with E-state index in [1.54, 1.807) is 13.3 Å². The molecule has 0 saturated carbocycles. The van der Waals surface area contributed by atoms with Crippen LogP contribution in [-0.4, -0.2) is 29.5 Å². The van der Waals surface area contributed by atoms with Gasteiger partial charge in [0.2, 0.25) is 0 Å². The van der Waals surface area contributed by atoms with Crippen molar-refractivity contribution in [3.63, 3.8) is 0 Å². The SMILES string of the molecule is COc1cnn(CC2CCCCN2)c1Br. The van der Waals surface area contributed by atoms with E-state index in [-0.39, 0.29) is 0 Å². The molecule has 4 nitrogen and oxygen atoms in total. The number of nitrogens with one attached hydrogen (secondary N) is 1. The summed E-state index contributed by atoms with van der Waals surface area (Å²) >= 11 is 3.49. The van der Waals surface area contributed by atoms with E-state index in [4.69, 9.17) is 4.74 Å². The maximum atomic E-state index is 5.16. The van der Waals surface area contributed by atoms with Crippen LogP contribution in [0.3, 0.4) is 0 Å². The lowest BCUT2D eigenvalue weighted by atomic mass is 10.1. The lowest BCUT2D eigenvalue weighted by molar-refractivity contribution is 0.347. The van der Waals surface area contributed by atoms with Crippen LogP contribution >= 0.6 is 15.9 Å². The van der Waals surface area contributed by atoms with Crippen molar-refractivity contribution in [3.8, 4) is 5.75 Å². The van der Waals surface area contributed by atoms with E-state index in [2.05, 4.69) is 26.3 Å². The Kier molecular flexibility index (Phi) is 3.64. The summed E-state index contributed by atoms with van der Waals surface area (Å²) in [6, 6.07) is 0.541. The number of rotatable bonds is 3. The monoisotopic (exact) mass is 273 g/mol. The summed E-state index contributed by atoms with van der Waals surface area (Å²) in [6.45, 7) is 2.03.